The number of rotatable bonds is 10. The van der Waals surface area contributed by atoms with E-state index in [1.54, 1.807) is 37.3 Å². The van der Waals surface area contributed by atoms with Gasteiger partial charge >= 0.3 is 0 Å². The van der Waals surface area contributed by atoms with Crippen LogP contribution in [0.25, 0.3) is 33.4 Å². The van der Waals surface area contributed by atoms with E-state index in [1.807, 2.05) is 31.2 Å². The van der Waals surface area contributed by atoms with E-state index in [2.05, 4.69) is 0 Å². The van der Waals surface area contributed by atoms with Crippen molar-refractivity contribution in [2.24, 2.45) is 5.73 Å². The lowest BCUT2D eigenvalue weighted by atomic mass is 9.95. The number of carbonyl (C=O) groups excluding carboxylic acids is 3. The highest BCUT2D eigenvalue weighted by molar-refractivity contribution is 7.92. The Morgan fingerprint density at radius 3 is 2.43 bits per heavy atom. The number of likely N-dealkylation sites (tertiary alicyclic amines) is 1. The average Bonchev–Trinajstić information content (AvgIpc) is 3.64. The number of hydrogen-bond donors (Lipinski definition) is 1. The van der Waals surface area contributed by atoms with Gasteiger partial charge in [0.1, 0.15) is 24.1 Å². The fraction of sp³-hybridized carbons (Fsp3) is 0.303. The van der Waals surface area contributed by atoms with Crippen LogP contribution in [-0.2, 0) is 14.8 Å². The van der Waals surface area contributed by atoms with Crippen LogP contribution in [0.5, 0.6) is 0 Å². The lowest BCUT2D eigenvalue weighted by molar-refractivity contribution is -0.121. The number of amides is 2. The molecule has 11 heteroatoms. The van der Waals surface area contributed by atoms with Crippen molar-refractivity contribution in [2.45, 2.75) is 39.2 Å². The van der Waals surface area contributed by atoms with Crippen LogP contribution in [0.1, 0.15) is 52.5 Å². The number of primary amides is 1. The zero-order valence-electron chi connectivity index (χ0n) is 24.8. The van der Waals surface area contributed by atoms with Crippen molar-refractivity contribution in [1.29, 1.82) is 0 Å². The maximum absolute atomic E-state index is 13.8. The molecule has 9 nitrogen and oxygen atoms in total. The van der Waals surface area contributed by atoms with Crippen LogP contribution in [0.2, 0.25) is 0 Å². The Bertz CT molecular complexity index is 1870. The monoisotopic (exact) mass is 619 g/mol. The van der Waals surface area contributed by atoms with Gasteiger partial charge in [-0.1, -0.05) is 48.9 Å². The minimum atomic E-state index is -3.96. The Labute approximate surface area is 255 Å². The van der Waals surface area contributed by atoms with E-state index in [0.717, 1.165) is 16.1 Å². The predicted molar refractivity (Wildman–Crippen MR) is 168 cm³/mol. The molecule has 5 rings (SSSR count). The molecule has 0 unspecified atom stereocenters. The van der Waals surface area contributed by atoms with Crippen LogP contribution in [-0.4, -0.2) is 63.0 Å². The van der Waals surface area contributed by atoms with E-state index in [9.17, 15) is 27.2 Å². The van der Waals surface area contributed by atoms with Gasteiger partial charge in [-0.2, -0.15) is 0 Å². The molecule has 1 atom stereocenters. The highest BCUT2D eigenvalue weighted by Crippen LogP contribution is 2.42. The van der Waals surface area contributed by atoms with Gasteiger partial charge in [0, 0.05) is 41.1 Å². The highest BCUT2D eigenvalue weighted by Gasteiger charge is 2.33. The number of nitrogens with two attached hydrogens (primary N) is 1. The molecule has 2 amide bonds. The second kappa shape index (κ2) is 12.2. The van der Waals surface area contributed by atoms with Gasteiger partial charge in [-0.15, -0.1) is 0 Å². The third-order valence-electron chi connectivity index (χ3n) is 7.94. The number of carbonyl (C=O) groups is 3. The number of fused-ring (bicyclic) bond motifs is 1. The van der Waals surface area contributed by atoms with Gasteiger partial charge in [-0.25, -0.2) is 12.8 Å². The molecule has 0 aliphatic carbocycles. The third kappa shape index (κ3) is 5.84. The summed E-state index contributed by atoms with van der Waals surface area (Å²) in [7, 11) is -3.96. The molecule has 1 aliphatic heterocycles. The quantitative estimate of drug-likeness (QED) is 0.234. The molecule has 2 N–H and O–H groups in total. The number of hydrogen-bond acceptors (Lipinski definition) is 6. The molecule has 2 heterocycles. The van der Waals surface area contributed by atoms with Crippen molar-refractivity contribution < 1.29 is 31.6 Å². The number of halogens is 1. The van der Waals surface area contributed by atoms with Crippen LogP contribution in [0.15, 0.2) is 65.1 Å². The maximum atomic E-state index is 13.8. The first-order valence-corrected chi connectivity index (χ1v) is 16.2. The molecule has 1 saturated heterocycles. The molecule has 0 spiro atoms. The summed E-state index contributed by atoms with van der Waals surface area (Å²) in [5.41, 5.74) is 9.09. The van der Waals surface area contributed by atoms with Crippen LogP contribution in [0.3, 0.4) is 0 Å². The van der Waals surface area contributed by atoms with Gasteiger partial charge in [0.2, 0.25) is 15.9 Å². The highest BCUT2D eigenvalue weighted by atomic mass is 32.2. The summed E-state index contributed by atoms with van der Waals surface area (Å²) >= 11 is 0. The van der Waals surface area contributed by atoms with Gasteiger partial charge in [-0.05, 0) is 43.5 Å². The van der Waals surface area contributed by atoms with Gasteiger partial charge in [0.25, 0.3) is 5.91 Å². The lowest BCUT2D eigenvalue weighted by Gasteiger charge is -2.25. The Morgan fingerprint density at radius 2 is 1.80 bits per heavy atom. The number of ketones is 1. The molecular formula is C33H34FN3O6S. The normalized spacial score (nSPS) is 15.1. The van der Waals surface area contributed by atoms with E-state index in [-0.39, 0.29) is 34.9 Å². The van der Waals surface area contributed by atoms with Gasteiger partial charge < -0.3 is 15.1 Å². The Balaban J connectivity index is 1.76. The number of anilines is 1. The molecule has 0 saturated carbocycles. The number of alkyl halides is 1. The van der Waals surface area contributed by atoms with E-state index in [1.165, 1.54) is 11.0 Å². The van der Waals surface area contributed by atoms with Crippen molar-refractivity contribution in [1.82, 2.24) is 4.90 Å². The van der Waals surface area contributed by atoms with Gasteiger partial charge in [0.05, 0.1) is 24.1 Å². The van der Waals surface area contributed by atoms with Crippen molar-refractivity contribution in [2.75, 3.05) is 30.3 Å². The molecule has 1 aliphatic rings. The van der Waals surface area contributed by atoms with Crippen LogP contribution in [0, 0.1) is 6.92 Å². The largest absolute Gasteiger partial charge is 0.455 e. The molecule has 44 heavy (non-hydrogen) atoms. The van der Waals surface area contributed by atoms with Crippen LogP contribution >= 0.6 is 0 Å². The zero-order chi connectivity index (χ0) is 31.8. The minimum Gasteiger partial charge on any atom is -0.455 e. The number of benzene rings is 3. The Kier molecular flexibility index (Phi) is 8.60. The van der Waals surface area contributed by atoms with Crippen LogP contribution in [0.4, 0.5) is 10.1 Å². The van der Waals surface area contributed by atoms with E-state index in [0.29, 0.717) is 52.8 Å². The number of aryl methyl sites for hydroxylation is 1. The molecule has 0 bridgehead atoms. The molecule has 4 aromatic rings. The summed E-state index contributed by atoms with van der Waals surface area (Å²) in [6.45, 7) is 2.68. The van der Waals surface area contributed by atoms with Crippen molar-refractivity contribution in [3.05, 3.63) is 77.4 Å². The molecular weight excluding hydrogens is 585 g/mol. The van der Waals surface area contributed by atoms with Crippen LogP contribution < -0.4 is 10.0 Å². The molecule has 1 fully saturated rings. The van der Waals surface area contributed by atoms with Gasteiger partial charge in [0.15, 0.2) is 5.78 Å². The predicted octanol–water partition coefficient (Wildman–Crippen LogP) is 5.49. The fourth-order valence-corrected chi connectivity index (χ4v) is 6.67. The topological polar surface area (TPSA) is 131 Å². The number of nitrogens with zero attached hydrogens (tertiary/aromatic N) is 2. The van der Waals surface area contributed by atoms with Crippen molar-refractivity contribution >= 4 is 44.3 Å². The molecule has 0 radical (unpaired) electrons. The maximum Gasteiger partial charge on any atom is 0.254 e. The molecule has 3 aromatic carbocycles. The second-order valence-corrected chi connectivity index (χ2v) is 12.9. The fourth-order valence-electron chi connectivity index (χ4n) is 5.76. The Morgan fingerprint density at radius 1 is 1.07 bits per heavy atom. The van der Waals surface area contributed by atoms with Crippen molar-refractivity contribution in [3.63, 3.8) is 0 Å². The SMILES string of the molecule is CCC(=O)c1c(-c2ccc(C)cc2)oc2cc(N(CCF)S(C)(=O)=O)c(-c3cccc(C(=O)N4CCC[C@@H]4C(N)=O)c3)cc12. The van der Waals surface area contributed by atoms with E-state index >= 15 is 0 Å². The number of sulfonamides is 1. The number of Topliss-reactive ketones (excluding diaryl/α,β-unsaturated/α-hetero) is 1. The first-order valence-electron chi connectivity index (χ1n) is 14.4. The van der Waals surface area contributed by atoms with Crippen molar-refractivity contribution in [3.8, 4) is 22.5 Å². The van der Waals surface area contributed by atoms with E-state index in [4.69, 9.17) is 10.2 Å². The lowest BCUT2D eigenvalue weighted by Crippen LogP contribution is -2.43. The molecule has 1 aromatic heterocycles. The summed E-state index contributed by atoms with van der Waals surface area (Å²) in [5.74, 6) is -0.780. The summed E-state index contributed by atoms with van der Waals surface area (Å²) in [5, 5.41) is 0.463. The molecule has 230 valence electrons. The first kappa shape index (κ1) is 30.9. The number of furan rings is 1. The second-order valence-electron chi connectivity index (χ2n) is 11.0. The third-order valence-corrected chi connectivity index (χ3v) is 9.12. The Hall–Kier alpha value is -4.51. The smallest absolute Gasteiger partial charge is 0.254 e. The van der Waals surface area contributed by atoms with Gasteiger partial charge in [-0.3, -0.25) is 18.7 Å². The average molecular weight is 620 g/mol. The van der Waals surface area contributed by atoms with E-state index < -0.39 is 35.2 Å². The standard InChI is InChI=1S/C33H34FN3O6S/c1-4-28(38)30-25-18-24(22-7-5-8-23(17-22)33(40)36-15-6-9-26(36)32(35)39)27(37(16-14-34)44(3,41)42)19-29(25)43-31(30)21-12-10-20(2)11-13-21/h5,7-8,10-13,17-19,26H,4,6,9,14-16H2,1-3H3,(H2,35,39)/t26-/m1/s1. The zero-order valence-corrected chi connectivity index (χ0v) is 25.6. The summed E-state index contributed by atoms with van der Waals surface area (Å²) in [6.07, 6.45) is 2.30. The summed E-state index contributed by atoms with van der Waals surface area (Å²) in [4.78, 5) is 40.3. The summed E-state index contributed by atoms with van der Waals surface area (Å²) in [6, 6.07) is 16.5. The minimum absolute atomic E-state index is 0.137. The summed E-state index contributed by atoms with van der Waals surface area (Å²) < 4.78 is 46.8. The first-order chi connectivity index (χ1) is 20.9.